The first kappa shape index (κ1) is 27.1. The van der Waals surface area contributed by atoms with Crippen LogP contribution in [-0.4, -0.2) is 76.8 Å². The maximum absolute atomic E-state index is 15.7. The van der Waals surface area contributed by atoms with E-state index in [-0.39, 0.29) is 39.7 Å². The van der Waals surface area contributed by atoms with Crippen LogP contribution in [0.15, 0.2) is 36.8 Å². The standard InChI is InChI=1S/C20H20F2N10O8P2/c21-9-13-7(37-19(9)31-5-29-11-15(23)25-3-27-17(11)31)1-35-41(33)40-14-8(2-36-42(34)39-13)38-20(10(14)22)32-6-30-12-16(24)26-4-28-18(12)32/h3-7,9-10,13,19-20,41-42H,1-2H2,(H2,23,25,27)(H2,24,26,28)/t7-,9-,10-,13-,19-,20-/m1/s1. The molecule has 4 aromatic heterocycles. The van der Waals surface area contributed by atoms with E-state index < -0.39 is 72.5 Å². The predicted molar refractivity (Wildman–Crippen MR) is 136 cm³/mol. The van der Waals surface area contributed by atoms with Gasteiger partial charge in [0.25, 0.3) is 0 Å². The molecule has 0 bridgehead atoms. The van der Waals surface area contributed by atoms with Crippen molar-refractivity contribution in [3.05, 3.63) is 36.8 Å². The Balaban J connectivity index is 1.12. The lowest BCUT2D eigenvalue weighted by molar-refractivity contribution is -0.0402. The van der Waals surface area contributed by atoms with Gasteiger partial charge in [-0.25, -0.2) is 43.2 Å². The summed E-state index contributed by atoms with van der Waals surface area (Å²) in [6.07, 6.45) is -4.67. The Morgan fingerprint density at radius 1 is 0.857 bits per heavy atom. The molecule has 8 atom stereocenters. The summed E-state index contributed by atoms with van der Waals surface area (Å²) in [5.41, 5.74) is 12.4. The van der Waals surface area contributed by atoms with Gasteiger partial charge < -0.3 is 34.5 Å². The second-order valence-corrected chi connectivity index (χ2v) is 11.2. The zero-order valence-electron chi connectivity index (χ0n) is 20.9. The molecule has 18 nitrogen and oxygen atoms in total. The second-order valence-electron chi connectivity index (χ2n) is 9.16. The van der Waals surface area contributed by atoms with Gasteiger partial charge in [-0.15, -0.1) is 0 Å². The highest BCUT2D eigenvalue weighted by Gasteiger charge is 2.49. The van der Waals surface area contributed by atoms with Crippen molar-refractivity contribution >= 4 is 50.5 Å². The molecule has 4 aromatic rings. The Morgan fingerprint density at radius 3 is 2.17 bits per heavy atom. The number of nitrogens with two attached hydrogens (primary N) is 2. The molecule has 7 rings (SSSR count). The average molecular weight is 628 g/mol. The Hall–Kier alpha value is -3.80. The molecule has 7 heterocycles. The number of imidazole rings is 2. The first-order chi connectivity index (χ1) is 20.3. The molecule has 0 saturated carbocycles. The fourth-order valence-corrected chi connectivity index (χ4v) is 6.39. The normalized spacial score (nSPS) is 32.1. The zero-order valence-corrected chi connectivity index (χ0v) is 22.9. The monoisotopic (exact) mass is 628 g/mol. The van der Waals surface area contributed by atoms with Crippen LogP contribution in [0.3, 0.4) is 0 Å². The van der Waals surface area contributed by atoms with E-state index >= 15 is 8.78 Å². The quantitative estimate of drug-likeness (QED) is 0.299. The minimum absolute atomic E-state index is 0.0625. The van der Waals surface area contributed by atoms with Crippen molar-refractivity contribution in [3.63, 3.8) is 0 Å². The lowest BCUT2D eigenvalue weighted by Gasteiger charge is -2.20. The first-order valence-electron chi connectivity index (χ1n) is 12.2. The van der Waals surface area contributed by atoms with E-state index in [1.807, 2.05) is 0 Å². The number of nitrogens with zero attached hydrogens (tertiary/aromatic N) is 8. The highest BCUT2D eigenvalue weighted by atomic mass is 31.1. The third kappa shape index (κ3) is 4.47. The van der Waals surface area contributed by atoms with Crippen LogP contribution in [0.25, 0.3) is 22.3 Å². The summed E-state index contributed by atoms with van der Waals surface area (Å²) < 4.78 is 92.2. The van der Waals surface area contributed by atoms with Crippen molar-refractivity contribution < 1.29 is 45.5 Å². The minimum atomic E-state index is -3.46. The van der Waals surface area contributed by atoms with Crippen LogP contribution in [0.4, 0.5) is 20.4 Å². The molecule has 22 heteroatoms. The highest BCUT2D eigenvalue weighted by Crippen LogP contribution is 2.46. The molecule has 0 amide bonds. The van der Waals surface area contributed by atoms with Crippen molar-refractivity contribution in [1.82, 2.24) is 39.0 Å². The maximum Gasteiger partial charge on any atom is 0.367 e. The van der Waals surface area contributed by atoms with Crippen molar-refractivity contribution in [1.29, 1.82) is 0 Å². The zero-order chi connectivity index (χ0) is 29.1. The summed E-state index contributed by atoms with van der Waals surface area (Å²) in [5.74, 6) is -0.665. The first-order valence-corrected chi connectivity index (χ1v) is 14.6. The van der Waals surface area contributed by atoms with Crippen molar-refractivity contribution in [2.75, 3.05) is 24.7 Å². The molecule has 42 heavy (non-hydrogen) atoms. The SMILES string of the molecule is Nc1ncnc2c1ncn2[C@@H]1O[C@@H]2CO[PH](=O)OC3=C(CO[PH](=O)O[C@H]2[C@H]1F)O[C@@H](n1cnc2c(N)ncnc21)[C@@H]3F. The fraction of sp³-hybridized carbons (Fsp3) is 0.400. The number of ether oxygens (including phenoxy) is 2. The van der Waals surface area contributed by atoms with Crippen LogP contribution >= 0.6 is 16.5 Å². The highest BCUT2D eigenvalue weighted by molar-refractivity contribution is 7.33. The molecule has 0 radical (unpaired) electrons. The van der Waals surface area contributed by atoms with E-state index in [9.17, 15) is 9.13 Å². The number of rotatable bonds is 2. The molecule has 0 aliphatic carbocycles. The van der Waals surface area contributed by atoms with Gasteiger partial charge in [0.2, 0.25) is 12.4 Å². The molecule has 0 spiro atoms. The van der Waals surface area contributed by atoms with Crippen molar-refractivity contribution in [2.24, 2.45) is 0 Å². The Bertz CT molecular complexity index is 1700. The third-order valence-electron chi connectivity index (χ3n) is 6.74. The topological polar surface area (TPSA) is 229 Å². The van der Waals surface area contributed by atoms with E-state index in [1.165, 1.54) is 34.4 Å². The molecule has 1 saturated heterocycles. The largest absolute Gasteiger partial charge is 0.465 e. The van der Waals surface area contributed by atoms with Crippen LogP contribution in [0, 0.1) is 0 Å². The molecule has 3 aliphatic heterocycles. The lowest BCUT2D eigenvalue weighted by atomic mass is 10.1. The molecule has 1 fully saturated rings. The summed E-state index contributed by atoms with van der Waals surface area (Å²) in [5, 5.41) is 0. The second kappa shape index (κ2) is 10.5. The Morgan fingerprint density at radius 2 is 1.50 bits per heavy atom. The average Bonchev–Trinajstić information content (AvgIpc) is 3.73. The molecule has 2 unspecified atom stereocenters. The summed E-state index contributed by atoms with van der Waals surface area (Å²) >= 11 is 0. The van der Waals surface area contributed by atoms with Gasteiger partial charge >= 0.3 is 16.5 Å². The number of halogens is 2. The number of nitrogen functional groups attached to an aromatic ring is 2. The number of aromatic nitrogens is 8. The number of hydrogen-bond donors (Lipinski definition) is 2. The van der Waals surface area contributed by atoms with Crippen LogP contribution in [0.2, 0.25) is 0 Å². The molecular formula is C20H20F2N10O8P2. The lowest BCUT2D eigenvalue weighted by Crippen LogP contribution is -2.32. The van der Waals surface area contributed by atoms with E-state index in [1.54, 1.807) is 0 Å². The molecular weight excluding hydrogens is 608 g/mol. The smallest absolute Gasteiger partial charge is 0.367 e. The van der Waals surface area contributed by atoms with Crippen molar-refractivity contribution in [2.45, 2.75) is 37.0 Å². The Labute approximate surface area is 233 Å². The number of anilines is 2. The van der Waals surface area contributed by atoms with Crippen molar-refractivity contribution in [3.8, 4) is 0 Å². The van der Waals surface area contributed by atoms with Crippen LogP contribution in [-0.2, 0) is 36.7 Å². The van der Waals surface area contributed by atoms with Gasteiger partial charge in [0, 0.05) is 0 Å². The van der Waals surface area contributed by atoms with Gasteiger partial charge in [-0.3, -0.25) is 18.2 Å². The Kier molecular flexibility index (Phi) is 6.75. The van der Waals surface area contributed by atoms with Crippen LogP contribution in [0.1, 0.15) is 12.5 Å². The predicted octanol–water partition coefficient (Wildman–Crippen LogP) is 1.37. The van der Waals surface area contributed by atoms with Gasteiger partial charge in [-0.05, 0) is 0 Å². The van der Waals surface area contributed by atoms with Gasteiger partial charge in [0.15, 0.2) is 46.8 Å². The summed E-state index contributed by atoms with van der Waals surface area (Å²) in [7, 11) is -6.90. The van der Waals surface area contributed by atoms with E-state index in [0.29, 0.717) is 0 Å². The summed E-state index contributed by atoms with van der Waals surface area (Å²) in [4.78, 5) is 24.0. The molecule has 0 aromatic carbocycles. The fourth-order valence-electron chi connectivity index (χ4n) is 4.81. The summed E-state index contributed by atoms with van der Waals surface area (Å²) in [6, 6.07) is 0. The summed E-state index contributed by atoms with van der Waals surface area (Å²) in [6.45, 7) is -1.17. The molecule has 3 aliphatic rings. The van der Waals surface area contributed by atoms with Gasteiger partial charge in [0.1, 0.15) is 48.8 Å². The third-order valence-corrected chi connectivity index (χ3v) is 8.37. The number of fused-ring (bicyclic) bond motifs is 3. The molecule has 4 N–H and O–H groups in total. The van der Waals surface area contributed by atoms with Gasteiger partial charge in [0.05, 0.1) is 12.9 Å². The molecule has 222 valence electrons. The van der Waals surface area contributed by atoms with Gasteiger partial charge in [-0.1, -0.05) is 0 Å². The van der Waals surface area contributed by atoms with Gasteiger partial charge in [-0.2, -0.15) is 0 Å². The number of alkyl halides is 2. The van der Waals surface area contributed by atoms with Crippen LogP contribution in [0.5, 0.6) is 0 Å². The van der Waals surface area contributed by atoms with Crippen LogP contribution < -0.4 is 11.5 Å². The van der Waals surface area contributed by atoms with E-state index in [0.717, 1.165) is 0 Å². The maximum atomic E-state index is 15.7. The van der Waals surface area contributed by atoms with E-state index in [4.69, 9.17) is 39.0 Å². The number of hydrogen-bond acceptors (Lipinski definition) is 16. The minimum Gasteiger partial charge on any atom is -0.465 e. The van der Waals surface area contributed by atoms with E-state index in [2.05, 4.69) is 29.9 Å².